The van der Waals surface area contributed by atoms with Crippen LogP contribution in [0.1, 0.15) is 35.5 Å². The summed E-state index contributed by atoms with van der Waals surface area (Å²) >= 11 is 0. The van der Waals surface area contributed by atoms with E-state index in [1.807, 2.05) is 19.0 Å². The van der Waals surface area contributed by atoms with Gasteiger partial charge in [0, 0.05) is 24.9 Å². The minimum Gasteiger partial charge on any atom is -0.359 e. The fraction of sp³-hybridized carbons (Fsp3) is 0.714. The molecular formula is C14H23N3O4S. The number of rotatable bonds is 5. The Labute approximate surface area is 131 Å². The number of nitrogens with zero attached hydrogens (tertiary/aromatic N) is 3. The number of amides is 1. The summed E-state index contributed by atoms with van der Waals surface area (Å²) in [5, 5.41) is 3.83. The molecule has 1 unspecified atom stereocenters. The predicted molar refractivity (Wildman–Crippen MR) is 82.3 cm³/mol. The summed E-state index contributed by atoms with van der Waals surface area (Å²) in [6.07, 6.45) is 3.74. The topological polar surface area (TPSA) is 83.7 Å². The van der Waals surface area contributed by atoms with E-state index in [0.29, 0.717) is 25.3 Å². The summed E-state index contributed by atoms with van der Waals surface area (Å²) in [4.78, 5) is 16.1. The lowest BCUT2D eigenvalue weighted by Gasteiger charge is -2.34. The number of carbonyl (C=O) groups excluding carboxylic acids is 1. The third kappa shape index (κ3) is 4.54. The average molecular weight is 329 g/mol. The van der Waals surface area contributed by atoms with E-state index in [9.17, 15) is 13.2 Å². The van der Waals surface area contributed by atoms with Gasteiger partial charge in [-0.15, -0.1) is 0 Å². The van der Waals surface area contributed by atoms with Crippen molar-refractivity contribution in [2.24, 2.45) is 0 Å². The molecule has 22 heavy (non-hydrogen) atoms. The number of hydrogen-bond acceptors (Lipinski definition) is 6. The number of hydrogen-bond donors (Lipinski definition) is 0. The number of aromatic nitrogens is 1. The molecule has 1 aliphatic heterocycles. The van der Waals surface area contributed by atoms with Crippen LogP contribution in [0.15, 0.2) is 10.6 Å². The van der Waals surface area contributed by atoms with E-state index in [1.165, 1.54) is 6.26 Å². The van der Waals surface area contributed by atoms with Gasteiger partial charge >= 0.3 is 0 Å². The molecule has 0 aromatic carbocycles. The Morgan fingerprint density at radius 1 is 1.45 bits per heavy atom. The Balaban J connectivity index is 2.13. The van der Waals surface area contributed by atoms with Crippen LogP contribution >= 0.6 is 0 Å². The highest BCUT2D eigenvalue weighted by Crippen LogP contribution is 2.21. The van der Waals surface area contributed by atoms with Crippen molar-refractivity contribution < 1.29 is 17.7 Å². The van der Waals surface area contributed by atoms with E-state index in [-0.39, 0.29) is 23.4 Å². The number of carbonyl (C=O) groups is 1. The van der Waals surface area contributed by atoms with E-state index in [0.717, 1.165) is 12.8 Å². The standard InChI is InChI=1S/C14H23N3O4S/c1-16(2)9-12-8-13(15-21-12)14(18)17-7-5-4-6-11(17)10-22(3,19)20/h8,11H,4-7,9-10H2,1-3H3. The van der Waals surface area contributed by atoms with Crippen molar-refractivity contribution in [1.82, 2.24) is 15.0 Å². The molecule has 0 saturated carbocycles. The third-order valence-corrected chi connectivity index (χ3v) is 4.62. The van der Waals surface area contributed by atoms with Gasteiger partial charge in [0.15, 0.2) is 11.5 Å². The molecule has 1 fully saturated rings. The molecule has 1 atom stereocenters. The first kappa shape index (κ1) is 17.0. The number of likely N-dealkylation sites (tertiary alicyclic amines) is 1. The van der Waals surface area contributed by atoms with Gasteiger partial charge in [-0.2, -0.15) is 0 Å². The van der Waals surface area contributed by atoms with Gasteiger partial charge in [-0.3, -0.25) is 4.79 Å². The largest absolute Gasteiger partial charge is 0.359 e. The van der Waals surface area contributed by atoms with Crippen molar-refractivity contribution in [2.45, 2.75) is 31.8 Å². The van der Waals surface area contributed by atoms with Crippen LogP contribution in [-0.4, -0.2) is 68.0 Å². The van der Waals surface area contributed by atoms with E-state index in [2.05, 4.69) is 5.16 Å². The molecule has 2 rings (SSSR count). The molecule has 1 aliphatic rings. The minimum atomic E-state index is -3.13. The zero-order chi connectivity index (χ0) is 16.3. The molecule has 1 amide bonds. The zero-order valence-electron chi connectivity index (χ0n) is 13.3. The van der Waals surface area contributed by atoms with Gasteiger partial charge in [-0.1, -0.05) is 5.16 Å². The summed E-state index contributed by atoms with van der Waals surface area (Å²) in [6, 6.07) is 1.36. The van der Waals surface area contributed by atoms with Crippen LogP contribution in [0.3, 0.4) is 0 Å². The van der Waals surface area contributed by atoms with Gasteiger partial charge in [0.2, 0.25) is 0 Å². The Morgan fingerprint density at radius 3 is 2.82 bits per heavy atom. The third-order valence-electron chi connectivity index (χ3n) is 3.63. The van der Waals surface area contributed by atoms with Gasteiger partial charge in [-0.05, 0) is 33.4 Å². The second-order valence-electron chi connectivity index (χ2n) is 6.16. The lowest BCUT2D eigenvalue weighted by molar-refractivity contribution is 0.0628. The molecular weight excluding hydrogens is 306 g/mol. The van der Waals surface area contributed by atoms with Crippen LogP contribution in [0.25, 0.3) is 0 Å². The van der Waals surface area contributed by atoms with E-state index in [4.69, 9.17) is 4.52 Å². The van der Waals surface area contributed by atoms with Gasteiger partial charge in [0.1, 0.15) is 9.84 Å². The van der Waals surface area contributed by atoms with E-state index < -0.39 is 9.84 Å². The van der Waals surface area contributed by atoms with Gasteiger partial charge in [0.05, 0.1) is 12.3 Å². The lowest BCUT2D eigenvalue weighted by atomic mass is 10.0. The minimum absolute atomic E-state index is 0.00114. The van der Waals surface area contributed by atoms with Crippen LogP contribution in [0, 0.1) is 0 Å². The Hall–Kier alpha value is -1.41. The van der Waals surface area contributed by atoms with Gasteiger partial charge in [-0.25, -0.2) is 8.42 Å². The monoisotopic (exact) mass is 329 g/mol. The van der Waals surface area contributed by atoms with Crippen molar-refractivity contribution >= 4 is 15.7 Å². The van der Waals surface area contributed by atoms with Crippen LogP contribution in [-0.2, 0) is 16.4 Å². The Bertz CT molecular complexity index is 624. The summed E-state index contributed by atoms with van der Waals surface area (Å²) in [6.45, 7) is 1.13. The smallest absolute Gasteiger partial charge is 0.276 e. The molecule has 124 valence electrons. The Kier molecular flexibility index (Phi) is 5.23. The molecule has 7 nitrogen and oxygen atoms in total. The zero-order valence-corrected chi connectivity index (χ0v) is 14.1. The molecule has 0 N–H and O–H groups in total. The maximum atomic E-state index is 12.6. The first-order valence-electron chi connectivity index (χ1n) is 7.35. The summed E-state index contributed by atoms with van der Waals surface area (Å²) in [5.41, 5.74) is 0.247. The van der Waals surface area contributed by atoms with Crippen LogP contribution in [0.5, 0.6) is 0 Å². The van der Waals surface area contributed by atoms with Crippen LogP contribution < -0.4 is 0 Å². The van der Waals surface area contributed by atoms with Crippen molar-refractivity contribution in [3.63, 3.8) is 0 Å². The fourth-order valence-corrected chi connectivity index (χ4v) is 3.78. The first-order valence-corrected chi connectivity index (χ1v) is 9.41. The molecule has 1 saturated heterocycles. The van der Waals surface area contributed by atoms with E-state index >= 15 is 0 Å². The van der Waals surface area contributed by atoms with Crippen LogP contribution in [0.4, 0.5) is 0 Å². The molecule has 0 bridgehead atoms. The van der Waals surface area contributed by atoms with Crippen molar-refractivity contribution in [1.29, 1.82) is 0 Å². The van der Waals surface area contributed by atoms with E-state index in [1.54, 1.807) is 11.0 Å². The van der Waals surface area contributed by atoms with Crippen molar-refractivity contribution in [3.05, 3.63) is 17.5 Å². The summed E-state index contributed by atoms with van der Waals surface area (Å²) in [7, 11) is 0.672. The molecule has 1 aromatic rings. The molecule has 0 aliphatic carbocycles. The second-order valence-corrected chi connectivity index (χ2v) is 8.34. The maximum Gasteiger partial charge on any atom is 0.276 e. The highest BCUT2D eigenvalue weighted by Gasteiger charge is 2.31. The predicted octanol–water partition coefficient (Wildman–Crippen LogP) is 0.776. The van der Waals surface area contributed by atoms with Gasteiger partial charge in [0.25, 0.3) is 5.91 Å². The molecule has 2 heterocycles. The summed E-state index contributed by atoms with van der Waals surface area (Å²) < 4.78 is 28.3. The second kappa shape index (κ2) is 6.78. The quantitative estimate of drug-likeness (QED) is 0.793. The highest BCUT2D eigenvalue weighted by atomic mass is 32.2. The molecule has 8 heteroatoms. The molecule has 1 aromatic heterocycles. The SMILES string of the molecule is CN(C)Cc1cc(C(=O)N2CCCCC2CS(C)(=O)=O)no1. The normalized spacial score (nSPS) is 19.6. The van der Waals surface area contributed by atoms with Crippen LogP contribution in [0.2, 0.25) is 0 Å². The average Bonchev–Trinajstić information content (AvgIpc) is 2.84. The first-order chi connectivity index (χ1) is 10.3. The number of sulfone groups is 1. The maximum absolute atomic E-state index is 12.6. The van der Waals surface area contributed by atoms with Crippen molar-refractivity contribution in [3.8, 4) is 0 Å². The highest BCUT2D eigenvalue weighted by molar-refractivity contribution is 7.90. The lowest BCUT2D eigenvalue weighted by Crippen LogP contribution is -2.47. The van der Waals surface area contributed by atoms with Crippen molar-refractivity contribution in [2.75, 3.05) is 32.6 Å². The Morgan fingerprint density at radius 2 is 2.18 bits per heavy atom. The molecule has 0 radical (unpaired) electrons. The van der Waals surface area contributed by atoms with Gasteiger partial charge < -0.3 is 14.3 Å². The fourth-order valence-electron chi connectivity index (χ4n) is 2.74. The molecule has 0 spiro atoms. The number of piperidine rings is 1. The summed E-state index contributed by atoms with van der Waals surface area (Å²) in [5.74, 6) is 0.369.